The minimum Gasteiger partial charge on any atom is -0.488 e. The molecule has 0 spiro atoms. The van der Waals surface area contributed by atoms with E-state index in [1.807, 2.05) is 34.1 Å². The van der Waals surface area contributed by atoms with Crippen molar-refractivity contribution < 1.29 is 78.8 Å². The van der Waals surface area contributed by atoms with Crippen LogP contribution >= 0.6 is 0 Å². The molecule has 6 N–H and O–H groups in total. The van der Waals surface area contributed by atoms with Crippen LogP contribution in [0.2, 0.25) is 0 Å². The number of carbonyl (C=O) groups is 2. The number of nitrogens with one attached hydrogen (secondary N) is 2. The number of amides is 2. The van der Waals surface area contributed by atoms with Crippen LogP contribution in [0.4, 0.5) is 8.78 Å². The van der Waals surface area contributed by atoms with Crippen LogP contribution in [-0.4, -0.2) is 221 Å². The number of aliphatic hydroxyl groups excluding tert-OH is 2. The summed E-state index contributed by atoms with van der Waals surface area (Å²) in [7, 11) is -1.57. The number of carbonyl (C=O) groups excluding carboxylic acids is 2. The second-order valence-corrected chi connectivity index (χ2v) is 20.0. The first-order valence-corrected chi connectivity index (χ1v) is 27.3. The highest BCUT2D eigenvalue weighted by molar-refractivity contribution is 7.79. The van der Waals surface area contributed by atoms with E-state index in [1.54, 1.807) is 67.7 Å². The number of aromatic nitrogens is 6. The van der Waals surface area contributed by atoms with E-state index in [0.29, 0.717) is 126 Å². The van der Waals surface area contributed by atoms with Crippen molar-refractivity contribution in [2.45, 2.75) is 19.5 Å². The van der Waals surface area contributed by atoms with Gasteiger partial charge in [-0.3, -0.25) is 38.7 Å². The third-order valence-electron chi connectivity index (χ3n) is 13.9. The lowest BCUT2D eigenvalue weighted by molar-refractivity contribution is -0.0746. The number of rotatable bonds is 18. The summed E-state index contributed by atoms with van der Waals surface area (Å²) >= 11 is 0. The second-order valence-electron chi connectivity index (χ2n) is 19.1. The number of ether oxygens (including phenoxy) is 5. The quantitative estimate of drug-likeness (QED) is 0.0466. The minimum atomic E-state index is -4.67. The highest BCUT2D eigenvalue weighted by Gasteiger charge is 2.31. The molecule has 7 heterocycles. The van der Waals surface area contributed by atoms with Crippen molar-refractivity contribution in [3.8, 4) is 56.9 Å². The lowest BCUT2D eigenvalue weighted by Crippen LogP contribution is -2.57. The Balaban J connectivity index is 0.000000198. The van der Waals surface area contributed by atoms with Crippen molar-refractivity contribution in [3.63, 3.8) is 0 Å². The molecule has 4 aromatic heterocycles. The monoisotopic (exact) mass is 1170 g/mol. The number of H-pyrrole nitrogens is 2. The molecule has 3 aliphatic heterocycles. The number of aliphatic hydroxyl groups is 2. The van der Waals surface area contributed by atoms with Gasteiger partial charge in [0.1, 0.15) is 36.0 Å². The van der Waals surface area contributed by atoms with Crippen LogP contribution in [0.15, 0.2) is 94.0 Å². The van der Waals surface area contributed by atoms with Crippen LogP contribution in [-0.2, 0) is 24.6 Å². The highest BCUT2D eigenvalue weighted by Crippen LogP contribution is 2.35. The van der Waals surface area contributed by atoms with Gasteiger partial charge in [-0.05, 0) is 36.4 Å². The average Bonchev–Trinajstić information content (AvgIpc) is 3.90. The fourth-order valence-corrected chi connectivity index (χ4v) is 9.38. The smallest absolute Gasteiger partial charge is 0.394 e. The number of aromatic amines is 2. The summed E-state index contributed by atoms with van der Waals surface area (Å²) in [5.74, 6) is -0.102. The first kappa shape index (κ1) is 61.3. The molecule has 3 saturated heterocycles. The van der Waals surface area contributed by atoms with E-state index in [-0.39, 0.29) is 63.2 Å². The van der Waals surface area contributed by atoms with Gasteiger partial charge in [0.25, 0.3) is 11.8 Å². The number of fused-ring (bicyclic) bond motifs is 2. The summed E-state index contributed by atoms with van der Waals surface area (Å²) in [6, 6.07) is 23.9. The largest absolute Gasteiger partial charge is 0.488 e. The van der Waals surface area contributed by atoms with Gasteiger partial charge in [0.05, 0.1) is 62.8 Å². The molecule has 28 heteroatoms. The third kappa shape index (κ3) is 15.1. The second kappa shape index (κ2) is 28.0. The van der Waals surface area contributed by atoms with Gasteiger partial charge in [-0.25, -0.2) is 8.78 Å². The molecular weight excluding hydrogens is 1110 g/mol. The molecule has 83 heavy (non-hydrogen) atoms. The molecule has 25 nitrogen and oxygen atoms in total. The minimum absolute atomic E-state index is 0. The number of piperazine rings is 2. The Morgan fingerprint density at radius 2 is 1.05 bits per heavy atom. The molecule has 0 saturated carbocycles. The molecule has 4 aromatic carbocycles. The third-order valence-corrected chi connectivity index (χ3v) is 13.9. The number of hydrogen-bond acceptors (Lipinski definition) is 19. The molecule has 8 aromatic rings. The van der Waals surface area contributed by atoms with Crippen molar-refractivity contribution in [3.05, 3.63) is 108 Å². The van der Waals surface area contributed by atoms with E-state index in [0.717, 1.165) is 37.4 Å². The summed E-state index contributed by atoms with van der Waals surface area (Å²) in [6.07, 6.45) is 0. The zero-order valence-electron chi connectivity index (χ0n) is 44.6. The van der Waals surface area contributed by atoms with Crippen LogP contribution < -0.4 is 9.47 Å². The van der Waals surface area contributed by atoms with E-state index in [9.17, 15) is 28.6 Å². The van der Waals surface area contributed by atoms with Crippen LogP contribution in [0.5, 0.6) is 11.5 Å². The molecule has 0 atom stereocenters. The van der Waals surface area contributed by atoms with Gasteiger partial charge in [-0.15, -0.1) is 0 Å². The Bertz CT molecular complexity index is 3530. The molecule has 0 aliphatic carbocycles. The van der Waals surface area contributed by atoms with Crippen LogP contribution in [0.25, 0.3) is 67.2 Å². The van der Waals surface area contributed by atoms with Gasteiger partial charge in [0.2, 0.25) is 0 Å². The fourth-order valence-electron chi connectivity index (χ4n) is 9.38. The Morgan fingerprint density at radius 3 is 1.42 bits per heavy atom. The lowest BCUT2D eigenvalue weighted by atomic mass is 10.1. The highest BCUT2D eigenvalue weighted by atomic mass is 32.3. The van der Waals surface area contributed by atoms with E-state index >= 15 is 0 Å². The van der Waals surface area contributed by atoms with E-state index in [4.69, 9.17) is 50.3 Å². The Kier molecular flexibility index (Phi) is 20.7. The number of halogens is 2. The maximum absolute atomic E-state index is 14.6. The van der Waals surface area contributed by atoms with Gasteiger partial charge < -0.3 is 52.7 Å². The summed E-state index contributed by atoms with van der Waals surface area (Å²) in [5.41, 5.74) is 5.93. The Morgan fingerprint density at radius 1 is 0.639 bits per heavy atom. The van der Waals surface area contributed by atoms with Crippen molar-refractivity contribution in [2.75, 3.05) is 119 Å². The van der Waals surface area contributed by atoms with Crippen LogP contribution in [0, 0.1) is 11.6 Å². The van der Waals surface area contributed by atoms with Crippen LogP contribution in [0.1, 0.15) is 28.1 Å². The summed E-state index contributed by atoms with van der Waals surface area (Å²) in [5, 5.41) is 42.5. The maximum Gasteiger partial charge on any atom is 0.394 e. The van der Waals surface area contributed by atoms with E-state index < -0.39 is 22.0 Å². The zero-order chi connectivity index (χ0) is 57.9. The predicted octanol–water partition coefficient (Wildman–Crippen LogP) is 5.35. The maximum atomic E-state index is 14.6. The predicted molar refractivity (Wildman–Crippen MR) is 297 cm³/mol. The summed E-state index contributed by atoms with van der Waals surface area (Å²) in [6.45, 7) is 7.88. The molecular formula is C55H64F2N10O15S. The molecule has 0 unspecified atom stereocenters. The fraction of sp³-hybridized carbons (Fsp3) is 0.382. The molecule has 0 radical (unpaired) electrons. The van der Waals surface area contributed by atoms with Crippen molar-refractivity contribution in [2.24, 2.45) is 0 Å². The molecule has 0 bridgehead atoms. The Hall–Kier alpha value is -7.77. The van der Waals surface area contributed by atoms with Crippen molar-refractivity contribution in [1.82, 2.24) is 50.3 Å². The van der Waals surface area contributed by atoms with Crippen molar-refractivity contribution in [1.29, 1.82) is 0 Å². The number of benzene rings is 4. The van der Waals surface area contributed by atoms with Crippen LogP contribution in [0.3, 0.4) is 0 Å². The first-order valence-electron chi connectivity index (χ1n) is 25.9. The lowest BCUT2D eigenvalue weighted by Gasteiger charge is -2.42. The van der Waals surface area contributed by atoms with Gasteiger partial charge in [0.15, 0.2) is 34.7 Å². The van der Waals surface area contributed by atoms with E-state index in [2.05, 4.69) is 35.6 Å². The zero-order valence-corrected chi connectivity index (χ0v) is 45.4. The summed E-state index contributed by atoms with van der Waals surface area (Å²) in [4.78, 5) is 34.0. The standard InChI is InChI=1S/C27H30FN5O6.C27H28FN5O5.CH4.H2O4S/c1-37-10-11-38-24-14-23-20(12-21(24)28)26(30-29-23)25-13-22(31-39-25)17-2-4-18(5-3-17)27(36)33-8-6-32(7-9-33)19(15-34)16-35;1-35-10-11-37-24-14-23-20(12-21(24)28)26(30-29-23)25-13-22(31-38-25)17-2-4-18(5-3-17)27(34)33-8-6-32(7-9-33)19-15-36-16-19;;1-5(2,3)4/h2-5,12-14,19,34-35H,6-11,15-16H2,1H3,(H,29,30);2-5,12-14,19H,6-11,15-16H2,1H3,(H,29,30);1H4;(H2,1,2,3,4). The first-order chi connectivity index (χ1) is 39.6. The topological polar surface area (TPSA) is 318 Å². The SMILES string of the molecule is C.COCCOc1cc2[nH]nc(-c3cc(-c4ccc(C(=O)N5CCN(C(CO)CO)CC5)cc4)no3)c2cc1F.COCCOc1cc2[nH]nc(-c3cc(-c4ccc(C(=O)N5CCN(C6COC6)CC5)cc4)no3)c2cc1F.O=S(=O)(O)O. The van der Waals surface area contributed by atoms with Gasteiger partial charge in [-0.2, -0.15) is 18.6 Å². The molecule has 3 fully saturated rings. The van der Waals surface area contributed by atoms with Gasteiger partial charge >= 0.3 is 10.4 Å². The average molecular weight is 1180 g/mol. The molecule has 2 amide bonds. The van der Waals surface area contributed by atoms with Gasteiger partial charge in [-0.1, -0.05) is 42.0 Å². The molecule has 444 valence electrons. The molecule has 3 aliphatic rings. The number of nitrogens with zero attached hydrogens (tertiary/aromatic N) is 8. The van der Waals surface area contributed by atoms with Gasteiger partial charge in [0, 0.05) is 124 Å². The molecule has 11 rings (SSSR count). The Labute approximate surface area is 475 Å². The summed E-state index contributed by atoms with van der Waals surface area (Å²) < 4.78 is 97.9. The normalized spacial score (nSPS) is 15.1. The number of hydrogen-bond donors (Lipinski definition) is 6. The van der Waals surface area contributed by atoms with Crippen molar-refractivity contribution >= 4 is 44.0 Å². The van der Waals surface area contributed by atoms with E-state index in [1.165, 1.54) is 12.1 Å². The number of methoxy groups -OCH3 is 2.